The van der Waals surface area contributed by atoms with Crippen LogP contribution < -0.4 is 5.32 Å². The molecule has 0 aliphatic carbocycles. The number of thioether (sulfide) groups is 1. The van der Waals surface area contributed by atoms with Crippen LogP contribution in [0.1, 0.15) is 0 Å². The first-order valence-corrected chi connectivity index (χ1v) is 9.23. The molecule has 0 saturated carbocycles. The number of rotatable bonds is 5. The molecule has 0 bridgehead atoms. The standard InChI is InChI=1S/C16H16N4OS2/c1-20-9-8-17-15(20)14-13(11-6-4-3-5-7-11)19-16(23-14)18-12(21)10-22-2/h3-9H,10H2,1-2H3,(H,18,19,21). The lowest BCUT2D eigenvalue weighted by Crippen LogP contribution is -2.13. The molecule has 7 heteroatoms. The Bertz CT molecular complexity index is 811. The number of anilines is 1. The maximum atomic E-state index is 11.8. The number of nitrogens with zero attached hydrogens (tertiary/aromatic N) is 3. The minimum atomic E-state index is -0.0442. The topological polar surface area (TPSA) is 59.8 Å². The van der Waals surface area contributed by atoms with Gasteiger partial charge in [-0.1, -0.05) is 41.7 Å². The molecule has 3 aromatic rings. The van der Waals surface area contributed by atoms with Crippen molar-refractivity contribution in [2.24, 2.45) is 7.05 Å². The molecule has 2 aromatic heterocycles. The Morgan fingerprint density at radius 1 is 1.35 bits per heavy atom. The highest BCUT2D eigenvalue weighted by Crippen LogP contribution is 2.38. The zero-order valence-corrected chi connectivity index (χ0v) is 14.4. The summed E-state index contributed by atoms with van der Waals surface area (Å²) < 4.78 is 1.95. The van der Waals surface area contributed by atoms with Crippen molar-refractivity contribution in [3.05, 3.63) is 42.7 Å². The summed E-state index contributed by atoms with van der Waals surface area (Å²) in [6.07, 6.45) is 5.56. The van der Waals surface area contributed by atoms with Crippen molar-refractivity contribution in [2.75, 3.05) is 17.3 Å². The van der Waals surface area contributed by atoms with E-state index in [-0.39, 0.29) is 5.91 Å². The second-order valence-corrected chi connectivity index (χ2v) is 6.77. The largest absolute Gasteiger partial charge is 0.333 e. The number of benzene rings is 1. The predicted molar refractivity (Wildman–Crippen MR) is 96.8 cm³/mol. The number of amides is 1. The predicted octanol–water partition coefficient (Wildman–Crippen LogP) is 3.51. The van der Waals surface area contributed by atoms with E-state index in [2.05, 4.69) is 15.3 Å². The van der Waals surface area contributed by atoms with Crippen LogP contribution in [0, 0.1) is 0 Å². The number of carbonyl (C=O) groups is 1. The van der Waals surface area contributed by atoms with Crippen molar-refractivity contribution in [1.82, 2.24) is 14.5 Å². The van der Waals surface area contributed by atoms with Gasteiger partial charge in [0.2, 0.25) is 5.91 Å². The molecule has 0 radical (unpaired) electrons. The molecule has 1 aromatic carbocycles. The van der Waals surface area contributed by atoms with Gasteiger partial charge in [-0.25, -0.2) is 9.97 Å². The van der Waals surface area contributed by atoms with Crippen LogP contribution in [-0.2, 0) is 11.8 Å². The van der Waals surface area contributed by atoms with Gasteiger partial charge in [0.25, 0.3) is 0 Å². The molecule has 0 unspecified atom stereocenters. The summed E-state index contributed by atoms with van der Waals surface area (Å²) in [5.74, 6) is 1.21. The van der Waals surface area contributed by atoms with Gasteiger partial charge in [-0.3, -0.25) is 4.79 Å². The van der Waals surface area contributed by atoms with E-state index in [4.69, 9.17) is 0 Å². The third-order valence-electron chi connectivity index (χ3n) is 3.22. The molecule has 5 nitrogen and oxygen atoms in total. The molecule has 1 N–H and O–H groups in total. The van der Waals surface area contributed by atoms with E-state index >= 15 is 0 Å². The molecule has 23 heavy (non-hydrogen) atoms. The lowest BCUT2D eigenvalue weighted by Gasteiger charge is -2.02. The van der Waals surface area contributed by atoms with Crippen molar-refractivity contribution >= 4 is 34.1 Å². The average molecular weight is 344 g/mol. The second-order valence-electron chi connectivity index (χ2n) is 4.91. The maximum Gasteiger partial charge on any atom is 0.236 e. The molecule has 118 valence electrons. The van der Waals surface area contributed by atoms with Gasteiger partial charge in [0, 0.05) is 25.0 Å². The summed E-state index contributed by atoms with van der Waals surface area (Å²) in [5, 5.41) is 3.46. The molecule has 0 fully saturated rings. The lowest BCUT2D eigenvalue weighted by atomic mass is 10.1. The van der Waals surface area contributed by atoms with Gasteiger partial charge in [0.05, 0.1) is 16.3 Å². The summed E-state index contributed by atoms with van der Waals surface area (Å²) in [7, 11) is 1.95. The quantitative estimate of drug-likeness (QED) is 0.769. The van der Waals surface area contributed by atoms with E-state index in [1.54, 1.807) is 6.20 Å². The summed E-state index contributed by atoms with van der Waals surface area (Å²) in [6.45, 7) is 0. The highest BCUT2D eigenvalue weighted by Gasteiger charge is 2.18. The molecule has 0 spiro atoms. The van der Waals surface area contributed by atoms with E-state index in [9.17, 15) is 4.79 Å². The van der Waals surface area contributed by atoms with Crippen molar-refractivity contribution in [1.29, 1.82) is 0 Å². The number of hydrogen-bond acceptors (Lipinski definition) is 5. The third kappa shape index (κ3) is 3.46. The highest BCUT2D eigenvalue weighted by molar-refractivity contribution is 7.99. The van der Waals surface area contributed by atoms with Crippen molar-refractivity contribution in [2.45, 2.75) is 0 Å². The Labute approximate surface area is 142 Å². The minimum absolute atomic E-state index is 0.0442. The Morgan fingerprint density at radius 3 is 2.78 bits per heavy atom. The Hall–Kier alpha value is -2.12. The molecule has 0 saturated heterocycles. The molecule has 2 heterocycles. The van der Waals surface area contributed by atoms with E-state index in [0.29, 0.717) is 10.9 Å². The minimum Gasteiger partial charge on any atom is -0.333 e. The third-order valence-corrected chi connectivity index (χ3v) is 4.74. The summed E-state index contributed by atoms with van der Waals surface area (Å²) in [6, 6.07) is 9.94. The van der Waals surface area contributed by atoms with Gasteiger partial charge < -0.3 is 9.88 Å². The smallest absolute Gasteiger partial charge is 0.236 e. The maximum absolute atomic E-state index is 11.8. The van der Waals surface area contributed by atoms with Gasteiger partial charge in [-0.05, 0) is 6.26 Å². The van der Waals surface area contributed by atoms with Crippen LogP contribution in [-0.4, -0.2) is 32.5 Å². The summed E-state index contributed by atoms with van der Waals surface area (Å²) in [5.41, 5.74) is 1.84. The van der Waals surface area contributed by atoms with Gasteiger partial charge in [0.15, 0.2) is 11.0 Å². The summed E-state index contributed by atoms with van der Waals surface area (Å²) in [4.78, 5) is 21.8. The van der Waals surface area contributed by atoms with E-state index < -0.39 is 0 Å². The van der Waals surface area contributed by atoms with E-state index in [1.165, 1.54) is 23.1 Å². The van der Waals surface area contributed by atoms with Crippen LogP contribution in [0.3, 0.4) is 0 Å². The van der Waals surface area contributed by atoms with Crippen LogP contribution in [0.2, 0.25) is 0 Å². The number of aromatic nitrogens is 3. The fraction of sp³-hybridized carbons (Fsp3) is 0.188. The van der Waals surface area contributed by atoms with Crippen molar-refractivity contribution in [3.8, 4) is 22.0 Å². The van der Waals surface area contributed by atoms with Crippen LogP contribution in [0.5, 0.6) is 0 Å². The van der Waals surface area contributed by atoms with Crippen LogP contribution in [0.4, 0.5) is 5.13 Å². The molecular weight excluding hydrogens is 328 g/mol. The fourth-order valence-electron chi connectivity index (χ4n) is 2.19. The number of thiazole rings is 1. The van der Waals surface area contributed by atoms with Gasteiger partial charge in [-0.2, -0.15) is 11.8 Å². The van der Waals surface area contributed by atoms with Crippen LogP contribution in [0.25, 0.3) is 22.0 Å². The van der Waals surface area contributed by atoms with E-state index in [1.807, 2.05) is 54.4 Å². The number of hydrogen-bond donors (Lipinski definition) is 1. The molecule has 1 amide bonds. The second kappa shape index (κ2) is 6.97. The molecule has 0 aliphatic heterocycles. The zero-order chi connectivity index (χ0) is 16.2. The average Bonchev–Trinajstić information content (AvgIpc) is 3.14. The highest BCUT2D eigenvalue weighted by atomic mass is 32.2. The van der Waals surface area contributed by atoms with Crippen LogP contribution in [0.15, 0.2) is 42.7 Å². The van der Waals surface area contributed by atoms with Crippen LogP contribution >= 0.6 is 23.1 Å². The SMILES string of the molecule is CSCC(=O)Nc1nc(-c2ccccc2)c(-c2nccn2C)s1. The van der Waals surface area contributed by atoms with Gasteiger partial charge >= 0.3 is 0 Å². The fourth-order valence-corrected chi connectivity index (χ4v) is 3.57. The van der Waals surface area contributed by atoms with Gasteiger partial charge in [0.1, 0.15) is 0 Å². The normalized spacial score (nSPS) is 10.7. The molecule has 0 aliphatic rings. The Kier molecular flexibility index (Phi) is 4.78. The first-order chi connectivity index (χ1) is 11.2. The molecule has 0 atom stereocenters. The monoisotopic (exact) mass is 344 g/mol. The first kappa shape index (κ1) is 15.8. The number of nitrogens with one attached hydrogen (secondary N) is 1. The lowest BCUT2D eigenvalue weighted by molar-refractivity contribution is -0.113. The van der Waals surface area contributed by atoms with Gasteiger partial charge in [-0.15, -0.1) is 0 Å². The molecular formula is C16H16N4OS2. The number of aryl methyl sites for hydroxylation is 1. The number of imidazole rings is 1. The zero-order valence-electron chi connectivity index (χ0n) is 12.8. The Morgan fingerprint density at radius 2 is 2.13 bits per heavy atom. The Balaban J connectivity index is 2.04. The number of carbonyl (C=O) groups excluding carboxylic acids is 1. The summed E-state index contributed by atoms with van der Waals surface area (Å²) >= 11 is 2.93. The van der Waals surface area contributed by atoms with Crippen molar-refractivity contribution in [3.63, 3.8) is 0 Å². The first-order valence-electron chi connectivity index (χ1n) is 7.01. The van der Waals surface area contributed by atoms with Crippen molar-refractivity contribution < 1.29 is 4.79 Å². The van der Waals surface area contributed by atoms with E-state index in [0.717, 1.165) is 22.0 Å². The molecule has 3 rings (SSSR count).